The van der Waals surface area contributed by atoms with Gasteiger partial charge in [0.1, 0.15) is 13.2 Å². The minimum absolute atomic E-state index is 0.416. The van der Waals surface area contributed by atoms with Gasteiger partial charge in [0.2, 0.25) is 0 Å². The summed E-state index contributed by atoms with van der Waals surface area (Å²) in [6, 6.07) is 0. The molecule has 1 fully saturated rings. The van der Waals surface area contributed by atoms with Crippen molar-refractivity contribution in [1.82, 2.24) is 0 Å². The minimum atomic E-state index is -0.546. The van der Waals surface area contributed by atoms with Gasteiger partial charge in [0, 0.05) is 0 Å². The molecule has 0 bridgehead atoms. The van der Waals surface area contributed by atoms with Crippen molar-refractivity contribution in [1.29, 1.82) is 0 Å². The highest BCUT2D eigenvalue weighted by atomic mass is 16.8. The van der Waals surface area contributed by atoms with E-state index in [1.54, 1.807) is 0 Å². The smallest absolute Gasteiger partial charge is 0.431 e. The summed E-state index contributed by atoms with van der Waals surface area (Å²) in [4.78, 5) is 9.80. The molecule has 3 nitrogen and oxygen atoms in total. The molecule has 0 spiro atoms. The van der Waals surface area contributed by atoms with Crippen LogP contribution in [0.25, 0.3) is 0 Å². The highest BCUT2D eigenvalue weighted by Gasteiger charge is 2.09. The molecule has 1 rings (SSSR count). The third-order valence-corrected chi connectivity index (χ3v) is 0.523. The Morgan fingerprint density at radius 3 is 1.17 bits per heavy atom. The van der Waals surface area contributed by atoms with Gasteiger partial charge in [0.25, 0.3) is 0 Å². The van der Waals surface area contributed by atoms with E-state index in [2.05, 4.69) is 48.9 Å². The van der Waals surface area contributed by atoms with Crippen molar-refractivity contribution in [2.24, 2.45) is 0 Å². The Bertz CT molecular complexity index is 89.2. The predicted molar refractivity (Wildman–Crippen MR) is 51.1 cm³/mol. The van der Waals surface area contributed by atoms with Gasteiger partial charge in [-0.05, 0) is 0 Å². The molecule has 0 saturated carbocycles. The average molecular weight is 172 g/mol. The van der Waals surface area contributed by atoms with Crippen LogP contribution in [-0.4, -0.2) is 19.4 Å². The number of rotatable bonds is 0. The number of carbonyl (C=O) groups is 1. The van der Waals surface area contributed by atoms with Crippen LogP contribution in [0.1, 0.15) is 0 Å². The molecular formula is C9H16O3. The fourth-order valence-corrected chi connectivity index (χ4v) is 0.292. The molecule has 0 aromatic heterocycles. The lowest BCUT2D eigenvalue weighted by Crippen LogP contribution is -1.88. The van der Waals surface area contributed by atoms with Crippen LogP contribution in [0.3, 0.4) is 0 Å². The van der Waals surface area contributed by atoms with E-state index in [9.17, 15) is 4.79 Å². The molecule has 1 saturated heterocycles. The van der Waals surface area contributed by atoms with Crippen LogP contribution in [-0.2, 0) is 9.47 Å². The lowest BCUT2D eigenvalue weighted by Gasteiger charge is -1.78. The molecule has 0 aromatic rings. The van der Waals surface area contributed by atoms with Crippen LogP contribution in [0, 0.1) is 0 Å². The highest BCUT2D eigenvalue weighted by molar-refractivity contribution is 5.61. The summed E-state index contributed by atoms with van der Waals surface area (Å²) in [6.07, 6.45) is -0.546. The van der Waals surface area contributed by atoms with Crippen molar-refractivity contribution < 1.29 is 14.3 Å². The van der Waals surface area contributed by atoms with E-state index >= 15 is 0 Å². The van der Waals surface area contributed by atoms with E-state index in [0.29, 0.717) is 13.2 Å². The third kappa shape index (κ3) is 15.8. The summed E-state index contributed by atoms with van der Waals surface area (Å²) in [7, 11) is 0. The van der Waals surface area contributed by atoms with E-state index < -0.39 is 6.16 Å². The molecular weight excluding hydrogens is 156 g/mol. The van der Waals surface area contributed by atoms with Crippen molar-refractivity contribution in [3.05, 3.63) is 39.5 Å². The van der Waals surface area contributed by atoms with Crippen molar-refractivity contribution in [3.8, 4) is 0 Å². The van der Waals surface area contributed by atoms with Crippen molar-refractivity contribution in [2.75, 3.05) is 13.2 Å². The van der Waals surface area contributed by atoms with Crippen LogP contribution in [0.15, 0.2) is 39.5 Å². The molecule has 0 unspecified atom stereocenters. The molecule has 1 heterocycles. The van der Waals surface area contributed by atoms with Crippen molar-refractivity contribution in [2.45, 2.75) is 0 Å². The fraction of sp³-hybridized carbons (Fsp3) is 0.222. The molecule has 0 N–H and O–H groups in total. The Morgan fingerprint density at radius 1 is 0.833 bits per heavy atom. The zero-order valence-corrected chi connectivity index (χ0v) is 7.38. The van der Waals surface area contributed by atoms with Crippen LogP contribution in [0.2, 0.25) is 0 Å². The summed E-state index contributed by atoms with van der Waals surface area (Å²) in [5.74, 6) is 0. The van der Waals surface area contributed by atoms with Crippen molar-refractivity contribution >= 4 is 6.16 Å². The highest BCUT2D eigenvalue weighted by Crippen LogP contribution is 1.92. The van der Waals surface area contributed by atoms with E-state index in [1.165, 1.54) is 0 Å². The molecule has 12 heavy (non-hydrogen) atoms. The monoisotopic (exact) mass is 172 g/mol. The standard InChI is InChI=1S/C3H4O3.3C2H4/c4-3-5-1-2-6-3;3*1-2/h1-2H2;3*1-2H2. The topological polar surface area (TPSA) is 35.5 Å². The van der Waals surface area contributed by atoms with Gasteiger partial charge in [-0.15, -0.1) is 39.5 Å². The van der Waals surface area contributed by atoms with Crippen LogP contribution >= 0.6 is 0 Å². The van der Waals surface area contributed by atoms with Gasteiger partial charge in [0.05, 0.1) is 0 Å². The summed E-state index contributed by atoms with van der Waals surface area (Å²) in [5.41, 5.74) is 0. The second-order valence-electron chi connectivity index (χ2n) is 0.947. The molecule has 0 atom stereocenters. The van der Waals surface area contributed by atoms with Gasteiger partial charge in [-0.1, -0.05) is 0 Å². The Kier molecular flexibility index (Phi) is 31.8. The largest absolute Gasteiger partial charge is 0.508 e. The van der Waals surface area contributed by atoms with E-state index in [0.717, 1.165) is 0 Å². The summed E-state index contributed by atoms with van der Waals surface area (Å²) in [6.45, 7) is 18.8. The normalized spacial score (nSPS) is 10.8. The maximum absolute atomic E-state index is 9.80. The lowest BCUT2D eigenvalue weighted by molar-refractivity contribution is 0.131. The first-order valence-electron chi connectivity index (χ1n) is 3.19. The summed E-state index contributed by atoms with van der Waals surface area (Å²) in [5, 5.41) is 0. The second-order valence-corrected chi connectivity index (χ2v) is 0.947. The Morgan fingerprint density at radius 2 is 1.08 bits per heavy atom. The van der Waals surface area contributed by atoms with Gasteiger partial charge >= 0.3 is 6.16 Å². The third-order valence-electron chi connectivity index (χ3n) is 0.523. The minimum Gasteiger partial charge on any atom is -0.431 e. The van der Waals surface area contributed by atoms with Crippen molar-refractivity contribution in [3.63, 3.8) is 0 Å². The van der Waals surface area contributed by atoms with E-state index in [1.807, 2.05) is 0 Å². The van der Waals surface area contributed by atoms with Gasteiger partial charge in [0.15, 0.2) is 0 Å². The first-order valence-corrected chi connectivity index (χ1v) is 3.19. The number of ether oxygens (including phenoxy) is 2. The Hall–Kier alpha value is -1.51. The number of cyclic esters (lactones) is 2. The first kappa shape index (κ1) is 16.8. The summed E-state index contributed by atoms with van der Waals surface area (Å²) < 4.78 is 8.58. The molecule has 0 aliphatic carbocycles. The molecule has 1 aliphatic rings. The first-order chi connectivity index (χ1) is 5.89. The average Bonchev–Trinajstić information content (AvgIpc) is 2.66. The Labute approximate surface area is 74.0 Å². The van der Waals surface area contributed by atoms with E-state index in [4.69, 9.17) is 0 Å². The Balaban J connectivity index is -0.000000117. The molecule has 70 valence electrons. The van der Waals surface area contributed by atoms with Gasteiger partial charge in [-0.25, -0.2) is 4.79 Å². The molecule has 0 radical (unpaired) electrons. The predicted octanol–water partition coefficient (Wildman–Crippen LogP) is 2.56. The SMILES string of the molecule is C=C.C=C.C=C.O=C1OCCO1. The quantitative estimate of drug-likeness (QED) is 0.416. The van der Waals surface area contributed by atoms with Crippen LogP contribution < -0.4 is 0 Å². The second kappa shape index (κ2) is 22.7. The molecule has 3 heteroatoms. The maximum atomic E-state index is 9.80. The molecule has 0 aromatic carbocycles. The fourth-order valence-electron chi connectivity index (χ4n) is 0.292. The number of carbonyl (C=O) groups excluding carboxylic acids is 1. The summed E-state index contributed by atoms with van der Waals surface area (Å²) >= 11 is 0. The van der Waals surface area contributed by atoms with Gasteiger partial charge in [-0.2, -0.15) is 0 Å². The van der Waals surface area contributed by atoms with Crippen LogP contribution in [0.4, 0.5) is 4.79 Å². The molecule has 0 amide bonds. The van der Waals surface area contributed by atoms with E-state index in [-0.39, 0.29) is 0 Å². The van der Waals surface area contributed by atoms with Gasteiger partial charge < -0.3 is 9.47 Å². The molecule has 1 aliphatic heterocycles. The zero-order valence-electron chi connectivity index (χ0n) is 7.38. The zero-order chi connectivity index (χ0) is 10.4. The number of hydrogen-bond donors (Lipinski definition) is 0. The van der Waals surface area contributed by atoms with Crippen LogP contribution in [0.5, 0.6) is 0 Å². The van der Waals surface area contributed by atoms with Gasteiger partial charge in [-0.3, -0.25) is 0 Å². The lowest BCUT2D eigenvalue weighted by atomic mass is 10.8. The number of hydrogen-bond acceptors (Lipinski definition) is 3. The maximum Gasteiger partial charge on any atom is 0.508 e.